The maximum absolute atomic E-state index is 12.2. The highest BCUT2D eigenvalue weighted by Crippen LogP contribution is 2.25. The number of nitrogens with zero attached hydrogens (tertiary/aromatic N) is 3. The molecule has 0 atom stereocenters. The molecule has 0 fully saturated rings. The van der Waals surface area contributed by atoms with Gasteiger partial charge in [-0.25, -0.2) is 4.79 Å². The molecule has 0 aliphatic heterocycles. The van der Waals surface area contributed by atoms with E-state index in [-0.39, 0.29) is 18.4 Å². The molecule has 0 spiro atoms. The van der Waals surface area contributed by atoms with Crippen LogP contribution in [-0.2, 0) is 11.4 Å². The number of hydrogen-bond acceptors (Lipinski definition) is 7. The fourth-order valence-corrected chi connectivity index (χ4v) is 3.91. The molecule has 0 saturated carbocycles. The van der Waals surface area contributed by atoms with Gasteiger partial charge >= 0.3 is 6.03 Å². The Morgan fingerprint density at radius 1 is 1.03 bits per heavy atom. The normalized spacial score (nSPS) is 10.7. The number of benzene rings is 2. The zero-order valence-electron chi connectivity index (χ0n) is 19.1. The molecular formula is C23H26BrN5O4S. The summed E-state index contributed by atoms with van der Waals surface area (Å²) in [6.07, 6.45) is 0. The van der Waals surface area contributed by atoms with Crippen molar-refractivity contribution >= 4 is 39.6 Å². The Morgan fingerprint density at radius 2 is 1.68 bits per heavy atom. The van der Waals surface area contributed by atoms with Crippen molar-refractivity contribution in [2.75, 3.05) is 12.4 Å². The largest absolute Gasteiger partial charge is 0.494 e. The molecule has 0 radical (unpaired) electrons. The van der Waals surface area contributed by atoms with Gasteiger partial charge in [-0.1, -0.05) is 27.7 Å². The summed E-state index contributed by atoms with van der Waals surface area (Å²) in [7, 11) is 0. The molecule has 3 aromatic rings. The first-order chi connectivity index (χ1) is 16.4. The van der Waals surface area contributed by atoms with E-state index in [0.717, 1.165) is 15.9 Å². The molecule has 11 heteroatoms. The van der Waals surface area contributed by atoms with Gasteiger partial charge in [0.1, 0.15) is 18.1 Å². The van der Waals surface area contributed by atoms with E-state index >= 15 is 0 Å². The van der Waals surface area contributed by atoms with Gasteiger partial charge in [0.15, 0.2) is 11.0 Å². The van der Waals surface area contributed by atoms with Gasteiger partial charge in [0.05, 0.1) is 12.4 Å². The van der Waals surface area contributed by atoms with Crippen LogP contribution in [-0.4, -0.2) is 45.1 Å². The standard InChI is InChI=1S/C23H26BrN5O4S/c1-4-32-18-11-7-17(8-12-18)29-20(13-33-19-9-5-16(24)6-10-19)27-28-23(29)34-14-21(30)26-22(31)25-15(2)3/h5-12,15H,4,13-14H2,1-3H3,(H2,25,26,30,31). The number of ether oxygens (including phenoxy) is 2. The number of hydrogen-bond donors (Lipinski definition) is 2. The number of halogens is 1. The van der Waals surface area contributed by atoms with Crippen molar-refractivity contribution < 1.29 is 19.1 Å². The fourth-order valence-electron chi connectivity index (χ4n) is 2.87. The van der Waals surface area contributed by atoms with Crippen molar-refractivity contribution in [3.63, 3.8) is 0 Å². The van der Waals surface area contributed by atoms with Gasteiger partial charge < -0.3 is 14.8 Å². The first-order valence-corrected chi connectivity index (χ1v) is 12.4. The van der Waals surface area contributed by atoms with E-state index in [1.165, 1.54) is 11.8 Å². The first-order valence-electron chi connectivity index (χ1n) is 10.6. The van der Waals surface area contributed by atoms with E-state index in [0.29, 0.717) is 23.3 Å². The van der Waals surface area contributed by atoms with Crippen LogP contribution in [0, 0.1) is 0 Å². The van der Waals surface area contributed by atoms with Crippen LogP contribution in [0.15, 0.2) is 58.2 Å². The van der Waals surface area contributed by atoms with Gasteiger partial charge in [-0.3, -0.25) is 14.7 Å². The molecule has 2 N–H and O–H groups in total. The highest BCUT2D eigenvalue weighted by molar-refractivity contribution is 9.10. The number of carbonyl (C=O) groups is 2. The maximum Gasteiger partial charge on any atom is 0.321 e. The van der Waals surface area contributed by atoms with Crippen LogP contribution in [0.3, 0.4) is 0 Å². The first kappa shape index (κ1) is 25.6. The smallest absolute Gasteiger partial charge is 0.321 e. The predicted molar refractivity (Wildman–Crippen MR) is 134 cm³/mol. The molecule has 0 unspecified atom stereocenters. The van der Waals surface area contributed by atoms with Crippen molar-refractivity contribution in [2.45, 2.75) is 38.6 Å². The Labute approximate surface area is 210 Å². The van der Waals surface area contributed by atoms with Gasteiger partial charge in [0.25, 0.3) is 0 Å². The van der Waals surface area contributed by atoms with E-state index in [1.54, 1.807) is 0 Å². The van der Waals surface area contributed by atoms with Crippen LogP contribution in [0.4, 0.5) is 4.79 Å². The third-order valence-electron chi connectivity index (χ3n) is 4.29. The lowest BCUT2D eigenvalue weighted by atomic mass is 10.3. The minimum atomic E-state index is -0.530. The lowest BCUT2D eigenvalue weighted by molar-refractivity contribution is -0.117. The van der Waals surface area contributed by atoms with E-state index < -0.39 is 11.9 Å². The summed E-state index contributed by atoms with van der Waals surface area (Å²) in [6, 6.07) is 14.4. The van der Waals surface area contributed by atoms with Gasteiger partial charge in [0.2, 0.25) is 5.91 Å². The number of nitrogens with one attached hydrogen (secondary N) is 2. The SMILES string of the molecule is CCOc1ccc(-n2c(COc3ccc(Br)cc3)nnc2SCC(=O)NC(=O)NC(C)C)cc1. The number of aromatic nitrogens is 3. The van der Waals surface area contributed by atoms with Gasteiger partial charge in [0, 0.05) is 16.2 Å². The van der Waals surface area contributed by atoms with E-state index in [1.807, 2.05) is 73.9 Å². The zero-order valence-corrected chi connectivity index (χ0v) is 21.5. The summed E-state index contributed by atoms with van der Waals surface area (Å²) >= 11 is 4.58. The number of amides is 3. The molecule has 1 aromatic heterocycles. The average molecular weight is 548 g/mol. The van der Waals surface area contributed by atoms with Gasteiger partial charge in [-0.15, -0.1) is 10.2 Å². The lowest BCUT2D eigenvalue weighted by Gasteiger charge is -2.12. The Kier molecular flexibility index (Phi) is 9.34. The fraction of sp³-hybridized carbons (Fsp3) is 0.304. The van der Waals surface area contributed by atoms with Crippen molar-refractivity contribution in [3.8, 4) is 17.2 Å². The minimum Gasteiger partial charge on any atom is -0.494 e. The van der Waals surface area contributed by atoms with E-state index in [2.05, 4.69) is 36.8 Å². The minimum absolute atomic E-state index is 0.00571. The van der Waals surface area contributed by atoms with Crippen LogP contribution in [0.25, 0.3) is 5.69 Å². The summed E-state index contributed by atoms with van der Waals surface area (Å²) in [5.41, 5.74) is 0.795. The zero-order chi connectivity index (χ0) is 24.5. The van der Waals surface area contributed by atoms with Crippen molar-refractivity contribution in [1.82, 2.24) is 25.4 Å². The third kappa shape index (κ3) is 7.49. The molecule has 9 nitrogen and oxygen atoms in total. The Hall–Kier alpha value is -3.05. The molecule has 0 aliphatic rings. The molecule has 3 rings (SSSR count). The van der Waals surface area contributed by atoms with Gasteiger partial charge in [-0.05, 0) is 69.3 Å². The van der Waals surface area contributed by atoms with Crippen molar-refractivity contribution in [3.05, 3.63) is 58.8 Å². The number of imide groups is 1. The lowest BCUT2D eigenvalue weighted by Crippen LogP contribution is -2.43. The number of carbonyl (C=O) groups excluding carboxylic acids is 2. The highest BCUT2D eigenvalue weighted by atomic mass is 79.9. The average Bonchev–Trinajstić information content (AvgIpc) is 3.20. The number of thioether (sulfide) groups is 1. The Balaban J connectivity index is 1.77. The molecule has 1 heterocycles. The summed E-state index contributed by atoms with van der Waals surface area (Å²) in [5, 5.41) is 14.0. The molecule has 0 saturated heterocycles. The maximum atomic E-state index is 12.2. The molecular weight excluding hydrogens is 522 g/mol. The summed E-state index contributed by atoms with van der Waals surface area (Å²) in [5.74, 6) is 1.56. The van der Waals surface area contributed by atoms with Crippen molar-refractivity contribution in [2.24, 2.45) is 0 Å². The monoisotopic (exact) mass is 547 g/mol. The summed E-state index contributed by atoms with van der Waals surface area (Å²) < 4.78 is 14.2. The predicted octanol–water partition coefficient (Wildman–Crippen LogP) is 4.33. The molecule has 180 valence electrons. The Bertz CT molecular complexity index is 1100. The summed E-state index contributed by atoms with van der Waals surface area (Å²) in [4.78, 5) is 24.0. The quantitative estimate of drug-likeness (QED) is 0.363. The molecule has 3 amide bonds. The van der Waals surface area contributed by atoms with Crippen molar-refractivity contribution in [1.29, 1.82) is 0 Å². The number of rotatable bonds is 10. The third-order valence-corrected chi connectivity index (χ3v) is 5.75. The molecule has 0 bridgehead atoms. The van der Waals surface area contributed by atoms with E-state index in [9.17, 15) is 9.59 Å². The second-order valence-electron chi connectivity index (χ2n) is 7.37. The van der Waals surface area contributed by atoms with Crippen LogP contribution in [0.1, 0.15) is 26.6 Å². The van der Waals surface area contributed by atoms with Gasteiger partial charge in [-0.2, -0.15) is 0 Å². The number of urea groups is 1. The van der Waals surface area contributed by atoms with Crippen LogP contribution in [0.2, 0.25) is 0 Å². The van der Waals surface area contributed by atoms with Crippen LogP contribution < -0.4 is 20.1 Å². The second kappa shape index (κ2) is 12.4. The summed E-state index contributed by atoms with van der Waals surface area (Å²) in [6.45, 7) is 6.29. The highest BCUT2D eigenvalue weighted by Gasteiger charge is 2.18. The topological polar surface area (TPSA) is 107 Å². The van der Waals surface area contributed by atoms with Crippen LogP contribution in [0.5, 0.6) is 11.5 Å². The molecule has 34 heavy (non-hydrogen) atoms. The Morgan fingerprint density at radius 3 is 2.32 bits per heavy atom. The van der Waals surface area contributed by atoms with E-state index in [4.69, 9.17) is 9.47 Å². The second-order valence-corrected chi connectivity index (χ2v) is 9.23. The molecule has 2 aromatic carbocycles. The van der Waals surface area contributed by atoms with Crippen LogP contribution >= 0.6 is 27.7 Å². The molecule has 0 aliphatic carbocycles.